The lowest BCUT2D eigenvalue weighted by Crippen LogP contribution is -1.99. The van der Waals surface area contributed by atoms with Gasteiger partial charge < -0.3 is 15.5 Å². The molecule has 0 aliphatic heterocycles. The van der Waals surface area contributed by atoms with E-state index in [1.807, 2.05) is 24.3 Å². The predicted molar refractivity (Wildman–Crippen MR) is 70.4 cm³/mol. The molecule has 2 aromatic rings. The van der Waals surface area contributed by atoms with Crippen LogP contribution in [0.4, 0.5) is 0 Å². The van der Waals surface area contributed by atoms with Crippen LogP contribution in [0.1, 0.15) is 30.1 Å². The summed E-state index contributed by atoms with van der Waals surface area (Å²) in [6, 6.07) is 7.90. The average Bonchev–Trinajstić information content (AvgIpc) is 3.18. The number of hydrogen-bond donors (Lipinski definition) is 2. The summed E-state index contributed by atoms with van der Waals surface area (Å²) in [5.41, 5.74) is 9.02. The van der Waals surface area contributed by atoms with Gasteiger partial charge in [0, 0.05) is 18.0 Å². The summed E-state index contributed by atoms with van der Waals surface area (Å²) < 4.78 is 5.23. The lowest BCUT2D eigenvalue weighted by Gasteiger charge is -2.01. The van der Waals surface area contributed by atoms with Crippen LogP contribution in [0.2, 0.25) is 0 Å². The molecule has 1 fully saturated rings. The Balaban J connectivity index is 2.00. The van der Waals surface area contributed by atoms with Gasteiger partial charge in [0.25, 0.3) is 0 Å². The molecule has 1 aromatic heterocycles. The van der Waals surface area contributed by atoms with Gasteiger partial charge in [-0.15, -0.1) is 0 Å². The van der Waals surface area contributed by atoms with Crippen LogP contribution in [0.15, 0.2) is 24.3 Å². The number of nitrogens with one attached hydrogen (secondary N) is 1. The Kier molecular flexibility index (Phi) is 2.80. The quantitative estimate of drug-likeness (QED) is 0.866. The Labute approximate surface area is 106 Å². The number of aromatic amines is 1. The van der Waals surface area contributed by atoms with Gasteiger partial charge in [-0.25, -0.2) is 4.98 Å². The highest BCUT2D eigenvalue weighted by molar-refractivity contribution is 5.58. The summed E-state index contributed by atoms with van der Waals surface area (Å²) in [4.78, 5) is 8.03. The summed E-state index contributed by atoms with van der Waals surface area (Å²) in [5.74, 6) is 2.33. The smallest absolute Gasteiger partial charge is 0.138 e. The molecule has 94 valence electrons. The van der Waals surface area contributed by atoms with E-state index in [2.05, 4.69) is 4.98 Å². The van der Waals surface area contributed by atoms with Crippen molar-refractivity contribution in [3.05, 3.63) is 35.7 Å². The van der Waals surface area contributed by atoms with Crippen molar-refractivity contribution in [2.75, 3.05) is 7.11 Å². The Morgan fingerprint density at radius 3 is 2.94 bits per heavy atom. The standard InChI is InChI=1S/C14H17N3O/c1-18-11-4-2-3-10(7-11)14-16-12(8-15)13(17-14)9-5-6-9/h2-4,7,9H,5-6,8,15H2,1H3,(H,16,17). The van der Waals surface area contributed by atoms with Gasteiger partial charge in [-0.2, -0.15) is 0 Å². The first-order valence-electron chi connectivity index (χ1n) is 6.25. The zero-order chi connectivity index (χ0) is 12.5. The van der Waals surface area contributed by atoms with E-state index in [-0.39, 0.29) is 0 Å². The number of methoxy groups -OCH3 is 1. The maximum Gasteiger partial charge on any atom is 0.138 e. The van der Waals surface area contributed by atoms with Crippen molar-refractivity contribution in [1.29, 1.82) is 0 Å². The molecule has 0 atom stereocenters. The zero-order valence-corrected chi connectivity index (χ0v) is 10.4. The normalized spacial score (nSPS) is 14.8. The molecule has 1 aliphatic rings. The van der Waals surface area contributed by atoms with E-state index in [0.717, 1.165) is 28.5 Å². The van der Waals surface area contributed by atoms with E-state index < -0.39 is 0 Å². The molecule has 0 bridgehead atoms. The maximum atomic E-state index is 5.77. The third-order valence-corrected chi connectivity index (χ3v) is 3.32. The molecule has 0 spiro atoms. The van der Waals surface area contributed by atoms with E-state index in [1.54, 1.807) is 7.11 Å². The van der Waals surface area contributed by atoms with Crippen molar-refractivity contribution in [3.8, 4) is 17.1 Å². The molecule has 3 rings (SSSR count). The Bertz CT molecular complexity index is 558. The Hall–Kier alpha value is -1.81. The van der Waals surface area contributed by atoms with E-state index >= 15 is 0 Å². The second-order valence-corrected chi connectivity index (χ2v) is 4.66. The molecular weight excluding hydrogens is 226 g/mol. The molecule has 18 heavy (non-hydrogen) atoms. The lowest BCUT2D eigenvalue weighted by atomic mass is 10.2. The number of nitrogens with zero attached hydrogens (tertiary/aromatic N) is 1. The molecule has 4 nitrogen and oxygen atoms in total. The number of imidazole rings is 1. The SMILES string of the molecule is COc1cccc(-c2nc(C3CC3)c(CN)[nH]2)c1. The van der Waals surface area contributed by atoms with Crippen molar-refractivity contribution >= 4 is 0 Å². The van der Waals surface area contributed by atoms with Crippen molar-refractivity contribution in [2.45, 2.75) is 25.3 Å². The zero-order valence-electron chi connectivity index (χ0n) is 10.4. The van der Waals surface area contributed by atoms with Gasteiger partial charge in [0.05, 0.1) is 18.5 Å². The molecule has 1 aliphatic carbocycles. The van der Waals surface area contributed by atoms with Crippen LogP contribution < -0.4 is 10.5 Å². The van der Waals surface area contributed by atoms with Crippen LogP contribution >= 0.6 is 0 Å². The first-order chi connectivity index (χ1) is 8.81. The number of benzene rings is 1. The second-order valence-electron chi connectivity index (χ2n) is 4.66. The van der Waals surface area contributed by atoms with Gasteiger partial charge in [-0.1, -0.05) is 12.1 Å². The van der Waals surface area contributed by atoms with E-state index in [0.29, 0.717) is 12.5 Å². The van der Waals surface area contributed by atoms with E-state index in [9.17, 15) is 0 Å². The molecule has 1 aromatic carbocycles. The second kappa shape index (κ2) is 4.46. The van der Waals surface area contributed by atoms with Crippen LogP contribution in [-0.4, -0.2) is 17.1 Å². The summed E-state index contributed by atoms with van der Waals surface area (Å²) in [6.07, 6.45) is 2.46. The molecule has 4 heteroatoms. The largest absolute Gasteiger partial charge is 0.497 e. The summed E-state index contributed by atoms with van der Waals surface area (Å²) in [7, 11) is 1.67. The number of rotatable bonds is 4. The molecular formula is C14H17N3O. The van der Waals surface area contributed by atoms with Gasteiger partial charge in [-0.3, -0.25) is 0 Å². The fourth-order valence-corrected chi connectivity index (χ4v) is 2.18. The van der Waals surface area contributed by atoms with Gasteiger partial charge >= 0.3 is 0 Å². The minimum atomic E-state index is 0.517. The minimum Gasteiger partial charge on any atom is -0.497 e. The fourth-order valence-electron chi connectivity index (χ4n) is 2.18. The molecule has 1 saturated carbocycles. The monoisotopic (exact) mass is 243 g/mol. The van der Waals surface area contributed by atoms with Crippen molar-refractivity contribution in [2.24, 2.45) is 5.73 Å². The first-order valence-corrected chi connectivity index (χ1v) is 6.25. The third kappa shape index (κ3) is 1.99. The van der Waals surface area contributed by atoms with Crippen molar-refractivity contribution in [1.82, 2.24) is 9.97 Å². The average molecular weight is 243 g/mol. The summed E-state index contributed by atoms with van der Waals surface area (Å²) in [6.45, 7) is 0.517. The van der Waals surface area contributed by atoms with Crippen LogP contribution in [0.25, 0.3) is 11.4 Å². The third-order valence-electron chi connectivity index (χ3n) is 3.32. The van der Waals surface area contributed by atoms with E-state index in [1.165, 1.54) is 12.8 Å². The number of hydrogen-bond acceptors (Lipinski definition) is 3. The fraction of sp³-hybridized carbons (Fsp3) is 0.357. The van der Waals surface area contributed by atoms with Gasteiger partial charge in [0.1, 0.15) is 11.6 Å². The van der Waals surface area contributed by atoms with Crippen LogP contribution in [-0.2, 0) is 6.54 Å². The lowest BCUT2D eigenvalue weighted by molar-refractivity contribution is 0.415. The summed E-state index contributed by atoms with van der Waals surface area (Å²) in [5, 5.41) is 0. The molecule has 0 radical (unpaired) electrons. The highest BCUT2D eigenvalue weighted by atomic mass is 16.5. The highest BCUT2D eigenvalue weighted by Gasteiger charge is 2.29. The van der Waals surface area contributed by atoms with Crippen LogP contribution in [0, 0.1) is 0 Å². The highest BCUT2D eigenvalue weighted by Crippen LogP contribution is 2.41. The van der Waals surface area contributed by atoms with Crippen LogP contribution in [0.5, 0.6) is 5.75 Å². The van der Waals surface area contributed by atoms with E-state index in [4.69, 9.17) is 15.5 Å². The number of ether oxygens (including phenoxy) is 1. The van der Waals surface area contributed by atoms with Gasteiger partial charge in [-0.05, 0) is 25.0 Å². The summed E-state index contributed by atoms with van der Waals surface area (Å²) >= 11 is 0. The Morgan fingerprint density at radius 1 is 1.44 bits per heavy atom. The number of aromatic nitrogens is 2. The molecule has 0 amide bonds. The maximum absolute atomic E-state index is 5.77. The molecule has 1 heterocycles. The predicted octanol–water partition coefficient (Wildman–Crippen LogP) is 2.42. The number of H-pyrrole nitrogens is 1. The minimum absolute atomic E-state index is 0.517. The Morgan fingerprint density at radius 2 is 2.28 bits per heavy atom. The van der Waals surface area contributed by atoms with Gasteiger partial charge in [0.2, 0.25) is 0 Å². The molecule has 0 saturated heterocycles. The van der Waals surface area contributed by atoms with Crippen molar-refractivity contribution < 1.29 is 4.74 Å². The molecule has 3 N–H and O–H groups in total. The van der Waals surface area contributed by atoms with Gasteiger partial charge in [0.15, 0.2) is 0 Å². The van der Waals surface area contributed by atoms with Crippen molar-refractivity contribution in [3.63, 3.8) is 0 Å². The van der Waals surface area contributed by atoms with Crippen LogP contribution in [0.3, 0.4) is 0 Å². The first kappa shape index (κ1) is 11.3. The molecule has 0 unspecified atom stereocenters. The number of nitrogens with two attached hydrogens (primary N) is 1. The topological polar surface area (TPSA) is 63.9 Å².